The zero-order chi connectivity index (χ0) is 49.7. The monoisotopic (exact) mass is 1050 g/mol. The maximum Gasteiger partial charge on any atom is 0.238 e. The summed E-state index contributed by atoms with van der Waals surface area (Å²) in [6, 6.07) is 18.6. The van der Waals surface area contributed by atoms with Crippen molar-refractivity contribution in [2.75, 3.05) is 18.9 Å². The van der Waals surface area contributed by atoms with Crippen LogP contribution in [0.1, 0.15) is 139 Å². The largest absolute Gasteiger partial charge is 0.507 e. The van der Waals surface area contributed by atoms with Crippen LogP contribution in [0.15, 0.2) is 63.8 Å². The second-order valence-corrected chi connectivity index (χ2v) is 26.8. The number of phenolic OH excluding ortho intramolecular Hbond substituents is 2. The molecule has 0 unspecified atom stereocenters. The van der Waals surface area contributed by atoms with E-state index in [2.05, 4.69) is 68.6 Å². The molecule has 378 valence electrons. The summed E-state index contributed by atoms with van der Waals surface area (Å²) < 4.78 is 13.9. The third-order valence-electron chi connectivity index (χ3n) is 16.7. The molecule has 0 radical (unpaired) electrons. The van der Waals surface area contributed by atoms with E-state index in [9.17, 15) is 30.6 Å². The number of nitrogens with one attached hydrogen (secondary N) is 1. The van der Waals surface area contributed by atoms with Crippen molar-refractivity contribution in [3.63, 3.8) is 0 Å². The highest BCUT2D eigenvalue weighted by atomic mass is 33.1. The summed E-state index contributed by atoms with van der Waals surface area (Å²) in [7, 11) is 6.93. The van der Waals surface area contributed by atoms with Crippen LogP contribution in [0, 0.1) is 11.8 Å². The first-order chi connectivity index (χ1) is 34.9. The number of ether oxygens (including phenoxy) is 1. The summed E-state index contributed by atoms with van der Waals surface area (Å²) >= 11 is 0. The molecule has 5 heterocycles. The maximum absolute atomic E-state index is 15.5. The molecule has 5 bridgehead atoms. The number of fused-ring (bicyclic) bond motifs is 12. The summed E-state index contributed by atoms with van der Waals surface area (Å²) in [5.41, 5.74) is 9.22. The van der Waals surface area contributed by atoms with Crippen molar-refractivity contribution in [1.29, 1.82) is 0 Å². The zero-order valence-corrected chi connectivity index (χ0v) is 44.2. The summed E-state index contributed by atoms with van der Waals surface area (Å²) in [4.78, 5) is 15.5. The molecule has 4 aliphatic heterocycles. The molecule has 5 aromatic carbocycles. The molecular weight excluding hydrogens is 983 g/mol. The summed E-state index contributed by atoms with van der Waals surface area (Å²) in [5.74, 6) is 0.835. The summed E-state index contributed by atoms with van der Waals surface area (Å²) in [5, 5.41) is 78.6. The van der Waals surface area contributed by atoms with Gasteiger partial charge in [-0.05, 0) is 149 Å². The topological polar surface area (TPSA) is 173 Å². The first kappa shape index (κ1) is 48.9. The number of hydrogen-bond acceptors (Lipinski definition) is 14. The molecule has 6 aromatic rings. The zero-order valence-electron chi connectivity index (χ0n) is 40.9. The molecule has 6 aliphatic rings. The molecule has 2 fully saturated rings. The van der Waals surface area contributed by atoms with Crippen molar-refractivity contribution in [3.05, 3.63) is 115 Å². The van der Waals surface area contributed by atoms with Crippen LogP contribution in [-0.4, -0.2) is 73.1 Å². The molecular formula is C58H63NO9S4. The van der Waals surface area contributed by atoms with E-state index in [-0.39, 0.29) is 80.9 Å². The minimum absolute atomic E-state index is 0.0116. The van der Waals surface area contributed by atoms with Crippen molar-refractivity contribution in [2.45, 2.75) is 137 Å². The Bertz CT molecular complexity index is 3190. The highest BCUT2D eigenvalue weighted by Crippen LogP contribution is 2.61. The molecule has 0 amide bonds. The standard InChI is InChI=1S/C58H63NO9S4/c1-4-28-20-45-51(59-25-28)32-8-5-7-29(18-32)19-36-40(26-70-71-45)37(21-33(52(36)63)17-27(2)3)56-55(66)54(65)50-44(68-56)24-42(62)48-38-22-35-30(14-15-60)10-11-31-12-13-34-49(46(31)35)47(38)39-23-43(67-57(48)50)41(61)9-6-16-69-72-58(34)53(39)64/h5,7-8,12-13,18,21-22,24,27-28,30,39,41,43,45,51,53,58-64,66H,4,6,9-11,14-17,19-20,23,25-26H2,1-3H3/t28-,30-,39+,41+,43+,45+,51-,53+,58-/m1/s1. The average molecular weight is 1050 g/mol. The van der Waals surface area contributed by atoms with E-state index in [1.807, 2.05) is 16.9 Å². The van der Waals surface area contributed by atoms with Gasteiger partial charge in [-0.3, -0.25) is 4.79 Å². The Morgan fingerprint density at radius 2 is 1.75 bits per heavy atom. The van der Waals surface area contributed by atoms with Crippen molar-refractivity contribution >= 4 is 64.9 Å². The van der Waals surface area contributed by atoms with Gasteiger partial charge in [0.05, 0.1) is 23.0 Å². The Kier molecular flexibility index (Phi) is 13.3. The van der Waals surface area contributed by atoms with Crippen LogP contribution in [0.4, 0.5) is 0 Å². The Morgan fingerprint density at radius 3 is 2.57 bits per heavy atom. The Labute approximate surface area is 435 Å². The summed E-state index contributed by atoms with van der Waals surface area (Å²) in [6.45, 7) is 7.41. The van der Waals surface area contributed by atoms with Crippen LogP contribution >= 0.6 is 43.2 Å². The van der Waals surface area contributed by atoms with E-state index in [1.54, 1.807) is 32.4 Å². The normalized spacial score (nSPS) is 26.7. The van der Waals surface area contributed by atoms with E-state index in [1.165, 1.54) is 17.2 Å². The van der Waals surface area contributed by atoms with E-state index >= 15 is 4.79 Å². The molecule has 14 heteroatoms. The number of aliphatic hydroxyl groups excluding tert-OH is 3. The van der Waals surface area contributed by atoms with Gasteiger partial charge in [0.2, 0.25) is 11.2 Å². The van der Waals surface area contributed by atoms with Gasteiger partial charge < -0.3 is 45.1 Å². The fourth-order valence-electron chi connectivity index (χ4n) is 13.1. The van der Waals surface area contributed by atoms with Crippen LogP contribution < -0.4 is 15.5 Å². The highest BCUT2D eigenvalue weighted by Gasteiger charge is 2.46. The van der Waals surface area contributed by atoms with Crippen LogP contribution in [0.25, 0.3) is 44.2 Å². The molecule has 7 N–H and O–H groups in total. The number of aryl methyl sites for hydroxylation is 1. The van der Waals surface area contributed by atoms with Gasteiger partial charge in [-0.15, -0.1) is 0 Å². The predicted molar refractivity (Wildman–Crippen MR) is 294 cm³/mol. The molecule has 0 spiro atoms. The molecule has 2 saturated heterocycles. The average Bonchev–Trinajstić information content (AvgIpc) is 3.39. The van der Waals surface area contributed by atoms with E-state index < -0.39 is 35.4 Å². The highest BCUT2D eigenvalue weighted by molar-refractivity contribution is 8.77. The molecule has 2 aliphatic carbocycles. The van der Waals surface area contributed by atoms with Gasteiger partial charge in [-0.2, -0.15) is 0 Å². The van der Waals surface area contributed by atoms with Crippen molar-refractivity contribution in [2.24, 2.45) is 11.8 Å². The Morgan fingerprint density at radius 1 is 0.889 bits per heavy atom. The number of phenols is 2. The number of hydrogen-bond donors (Lipinski definition) is 7. The van der Waals surface area contributed by atoms with Crippen molar-refractivity contribution < 1.29 is 39.8 Å². The Balaban J connectivity index is 1.09. The van der Waals surface area contributed by atoms with Crippen LogP contribution in [0.5, 0.6) is 23.0 Å². The van der Waals surface area contributed by atoms with Gasteiger partial charge >= 0.3 is 0 Å². The predicted octanol–water partition coefficient (Wildman–Crippen LogP) is 12.1. The molecule has 10 nitrogen and oxygen atoms in total. The fraction of sp³-hybridized carbons (Fsp3) is 0.466. The third kappa shape index (κ3) is 8.24. The quantitative estimate of drug-likeness (QED) is 0.0786. The smallest absolute Gasteiger partial charge is 0.238 e. The van der Waals surface area contributed by atoms with Crippen molar-refractivity contribution in [3.8, 4) is 45.4 Å². The third-order valence-corrected chi connectivity index (χ3v) is 22.3. The van der Waals surface area contributed by atoms with E-state index in [0.717, 1.165) is 82.1 Å². The molecule has 9 atom stereocenters. The first-order valence-corrected chi connectivity index (χ1v) is 30.8. The fourth-order valence-corrected chi connectivity index (χ4v) is 19.1. The van der Waals surface area contributed by atoms with Crippen LogP contribution in [0.3, 0.4) is 0 Å². The summed E-state index contributed by atoms with van der Waals surface area (Å²) in [6.07, 6.45) is 4.00. The maximum atomic E-state index is 15.5. The van der Waals surface area contributed by atoms with Gasteiger partial charge in [0, 0.05) is 58.9 Å². The van der Waals surface area contributed by atoms with Gasteiger partial charge in [0.1, 0.15) is 34.3 Å². The number of aliphatic hydroxyl groups is 3. The lowest BCUT2D eigenvalue weighted by molar-refractivity contribution is 0.00975. The molecule has 0 saturated carbocycles. The van der Waals surface area contributed by atoms with E-state index in [4.69, 9.17) is 9.15 Å². The lowest BCUT2D eigenvalue weighted by Crippen LogP contribution is -2.40. The van der Waals surface area contributed by atoms with Crippen molar-refractivity contribution in [1.82, 2.24) is 5.32 Å². The Hall–Kier alpha value is -3.99. The minimum Gasteiger partial charge on any atom is -0.507 e. The van der Waals surface area contributed by atoms with Crippen LogP contribution in [0.2, 0.25) is 0 Å². The van der Waals surface area contributed by atoms with Gasteiger partial charge in [0.25, 0.3) is 0 Å². The number of benzene rings is 5. The minimum atomic E-state index is -0.974. The molecule has 72 heavy (non-hydrogen) atoms. The number of aromatic hydroxyl groups is 3. The number of rotatable bonds is 6. The SMILES string of the molecule is CC[C@H]1CN[C@@H]2c3cccc(c3)Cc3c(O)c(CC(C)C)cc(-c4oc5cc(O)c6c(c5c(=O)c4O)O[C@H]4C[C@H]5c7c-6cc6c8c(ccc(c78)[C@@H](SSCCC[C@@H]4O)[C@H]5O)CC[C@@H]6CCO)c3CSS[C@H]2C1. The number of piperidine rings is 1. The second-order valence-electron chi connectivity index (χ2n) is 21.6. The lowest BCUT2D eigenvalue weighted by atomic mass is 9.68. The first-order valence-electron chi connectivity index (χ1n) is 26.0. The van der Waals surface area contributed by atoms with Crippen LogP contribution in [-0.2, 0) is 25.0 Å². The lowest BCUT2D eigenvalue weighted by Gasteiger charge is -2.42. The van der Waals surface area contributed by atoms with E-state index in [0.29, 0.717) is 60.5 Å². The molecule has 1 aromatic heterocycles. The molecule has 12 rings (SSSR count). The van der Waals surface area contributed by atoms with Gasteiger partial charge in [-0.25, -0.2) is 0 Å². The second kappa shape index (κ2) is 19.6. The van der Waals surface area contributed by atoms with Gasteiger partial charge in [-0.1, -0.05) is 107 Å². The van der Waals surface area contributed by atoms with Gasteiger partial charge in [0.15, 0.2) is 5.76 Å².